The van der Waals surface area contributed by atoms with E-state index < -0.39 is 5.97 Å². The van der Waals surface area contributed by atoms with E-state index >= 15 is 0 Å². The smallest absolute Gasteiger partial charge is 0.335 e. The van der Waals surface area contributed by atoms with Gasteiger partial charge in [-0.15, -0.1) is 0 Å². The highest BCUT2D eigenvalue weighted by molar-refractivity contribution is 5.92. The number of benzene rings is 1. The van der Waals surface area contributed by atoms with Crippen LogP contribution in [0.15, 0.2) is 24.5 Å². The van der Waals surface area contributed by atoms with E-state index in [2.05, 4.69) is 23.4 Å². The highest BCUT2D eigenvalue weighted by Gasteiger charge is 2.28. The second-order valence-corrected chi connectivity index (χ2v) is 6.56. The van der Waals surface area contributed by atoms with Gasteiger partial charge < -0.3 is 9.67 Å². The summed E-state index contributed by atoms with van der Waals surface area (Å²) in [5.74, 6) is -0.902. The van der Waals surface area contributed by atoms with Crippen LogP contribution in [0.3, 0.4) is 0 Å². The molecule has 2 aromatic rings. The second kappa shape index (κ2) is 4.62. The standard InChI is InChI=1S/C16H20N2O2/c1-16(2)7-5-12(6-8-16)18-10-17-13-9-11(15(19)20)3-4-14(13)18/h3-4,9-10,12H,5-8H2,1-2H3,(H,19,20). The van der Waals surface area contributed by atoms with Crippen LogP contribution >= 0.6 is 0 Å². The molecule has 1 saturated carbocycles. The molecule has 20 heavy (non-hydrogen) atoms. The van der Waals surface area contributed by atoms with Gasteiger partial charge in [-0.25, -0.2) is 9.78 Å². The molecule has 1 aromatic heterocycles. The normalized spacial score (nSPS) is 19.3. The first kappa shape index (κ1) is 13.2. The van der Waals surface area contributed by atoms with E-state index in [4.69, 9.17) is 5.11 Å². The molecule has 1 aliphatic rings. The maximum absolute atomic E-state index is 11.0. The molecular formula is C16H20N2O2. The summed E-state index contributed by atoms with van der Waals surface area (Å²) in [6.45, 7) is 4.66. The first-order valence-corrected chi connectivity index (χ1v) is 7.16. The first-order valence-electron chi connectivity index (χ1n) is 7.16. The van der Waals surface area contributed by atoms with Crippen molar-refractivity contribution < 1.29 is 9.90 Å². The third-order valence-corrected chi connectivity index (χ3v) is 4.52. The maximum atomic E-state index is 11.0. The van der Waals surface area contributed by atoms with E-state index in [1.54, 1.807) is 12.1 Å². The summed E-state index contributed by atoms with van der Waals surface area (Å²) in [6.07, 6.45) is 6.65. The molecule has 1 heterocycles. The summed E-state index contributed by atoms with van der Waals surface area (Å²) >= 11 is 0. The van der Waals surface area contributed by atoms with Crippen molar-refractivity contribution in [3.8, 4) is 0 Å². The summed E-state index contributed by atoms with van der Waals surface area (Å²) in [5, 5.41) is 9.02. The largest absolute Gasteiger partial charge is 0.478 e. The van der Waals surface area contributed by atoms with E-state index in [0.29, 0.717) is 17.0 Å². The number of hydrogen-bond donors (Lipinski definition) is 1. The predicted molar refractivity (Wildman–Crippen MR) is 78.0 cm³/mol. The van der Waals surface area contributed by atoms with Crippen LogP contribution in [0.5, 0.6) is 0 Å². The van der Waals surface area contributed by atoms with Gasteiger partial charge in [-0.05, 0) is 49.3 Å². The van der Waals surface area contributed by atoms with Gasteiger partial charge in [-0.2, -0.15) is 0 Å². The number of carboxylic acids is 1. The van der Waals surface area contributed by atoms with Crippen molar-refractivity contribution in [3.63, 3.8) is 0 Å². The fourth-order valence-corrected chi connectivity index (χ4v) is 3.12. The van der Waals surface area contributed by atoms with Gasteiger partial charge in [0.1, 0.15) is 0 Å². The zero-order chi connectivity index (χ0) is 14.3. The van der Waals surface area contributed by atoms with Crippen molar-refractivity contribution in [1.29, 1.82) is 0 Å². The third-order valence-electron chi connectivity index (χ3n) is 4.52. The third kappa shape index (κ3) is 2.30. The molecule has 4 nitrogen and oxygen atoms in total. The number of nitrogens with zero attached hydrogens (tertiary/aromatic N) is 2. The van der Waals surface area contributed by atoms with Gasteiger partial charge in [0.05, 0.1) is 22.9 Å². The zero-order valence-corrected chi connectivity index (χ0v) is 12.0. The molecular weight excluding hydrogens is 252 g/mol. The van der Waals surface area contributed by atoms with Gasteiger partial charge in [0, 0.05) is 6.04 Å². The van der Waals surface area contributed by atoms with Crippen molar-refractivity contribution in [2.45, 2.75) is 45.6 Å². The molecule has 106 valence electrons. The number of aromatic carboxylic acids is 1. The van der Waals surface area contributed by atoms with Gasteiger partial charge >= 0.3 is 5.97 Å². The fourth-order valence-electron chi connectivity index (χ4n) is 3.12. The van der Waals surface area contributed by atoms with Crippen molar-refractivity contribution >= 4 is 17.0 Å². The molecule has 0 bridgehead atoms. The lowest BCUT2D eigenvalue weighted by atomic mass is 9.75. The van der Waals surface area contributed by atoms with Gasteiger partial charge in [0.15, 0.2) is 0 Å². The van der Waals surface area contributed by atoms with Crippen LogP contribution in [0.4, 0.5) is 0 Å². The molecule has 1 aliphatic carbocycles. The van der Waals surface area contributed by atoms with E-state index in [9.17, 15) is 4.79 Å². The molecule has 0 atom stereocenters. The molecule has 0 spiro atoms. The Balaban J connectivity index is 1.91. The van der Waals surface area contributed by atoms with Crippen molar-refractivity contribution in [2.24, 2.45) is 5.41 Å². The Bertz CT molecular complexity index is 648. The van der Waals surface area contributed by atoms with E-state index in [-0.39, 0.29) is 0 Å². The molecule has 3 rings (SSSR count). The minimum atomic E-state index is -0.902. The van der Waals surface area contributed by atoms with E-state index in [1.807, 2.05) is 12.4 Å². The van der Waals surface area contributed by atoms with Gasteiger partial charge in [-0.1, -0.05) is 13.8 Å². The molecule has 0 unspecified atom stereocenters. The minimum Gasteiger partial charge on any atom is -0.478 e. The molecule has 1 N–H and O–H groups in total. The summed E-state index contributed by atoms with van der Waals surface area (Å²) in [4.78, 5) is 15.4. The fraction of sp³-hybridized carbons (Fsp3) is 0.500. The predicted octanol–water partition coefficient (Wildman–Crippen LogP) is 3.88. The van der Waals surface area contributed by atoms with Crippen LogP contribution < -0.4 is 0 Å². The number of aromatic nitrogens is 2. The van der Waals surface area contributed by atoms with Crippen LogP contribution in [0.1, 0.15) is 55.9 Å². The van der Waals surface area contributed by atoms with E-state index in [1.165, 1.54) is 25.7 Å². The van der Waals surface area contributed by atoms with Gasteiger partial charge in [-0.3, -0.25) is 0 Å². The topological polar surface area (TPSA) is 55.1 Å². The van der Waals surface area contributed by atoms with Crippen LogP contribution in [0, 0.1) is 5.41 Å². The second-order valence-electron chi connectivity index (χ2n) is 6.56. The van der Waals surface area contributed by atoms with Crippen molar-refractivity contribution in [1.82, 2.24) is 9.55 Å². The van der Waals surface area contributed by atoms with Crippen LogP contribution in [-0.2, 0) is 0 Å². The average Bonchev–Trinajstić information content (AvgIpc) is 2.81. The molecule has 1 aromatic carbocycles. The Labute approximate surface area is 118 Å². The molecule has 0 amide bonds. The Morgan fingerprint density at radius 1 is 1.35 bits per heavy atom. The zero-order valence-electron chi connectivity index (χ0n) is 12.0. The Morgan fingerprint density at radius 3 is 2.70 bits per heavy atom. The lowest BCUT2D eigenvalue weighted by Gasteiger charge is -2.35. The van der Waals surface area contributed by atoms with Crippen LogP contribution in [0.25, 0.3) is 11.0 Å². The molecule has 0 saturated heterocycles. The SMILES string of the molecule is CC1(C)CCC(n2cnc3cc(C(=O)O)ccc32)CC1. The van der Waals surface area contributed by atoms with Crippen LogP contribution in [-0.4, -0.2) is 20.6 Å². The van der Waals surface area contributed by atoms with Gasteiger partial charge in [0.2, 0.25) is 0 Å². The summed E-state index contributed by atoms with van der Waals surface area (Å²) in [7, 11) is 0. The van der Waals surface area contributed by atoms with E-state index in [0.717, 1.165) is 11.0 Å². The summed E-state index contributed by atoms with van der Waals surface area (Å²) in [5.41, 5.74) is 2.56. The molecule has 0 radical (unpaired) electrons. The number of rotatable bonds is 2. The van der Waals surface area contributed by atoms with Crippen LogP contribution in [0.2, 0.25) is 0 Å². The molecule has 0 aliphatic heterocycles. The molecule has 4 heteroatoms. The number of fused-ring (bicyclic) bond motifs is 1. The Morgan fingerprint density at radius 2 is 2.05 bits per heavy atom. The maximum Gasteiger partial charge on any atom is 0.335 e. The number of carboxylic acid groups (broad SMARTS) is 1. The average molecular weight is 272 g/mol. The summed E-state index contributed by atoms with van der Waals surface area (Å²) < 4.78 is 2.22. The number of hydrogen-bond acceptors (Lipinski definition) is 2. The van der Waals surface area contributed by atoms with Gasteiger partial charge in [0.25, 0.3) is 0 Å². The van der Waals surface area contributed by atoms with Crippen molar-refractivity contribution in [2.75, 3.05) is 0 Å². The minimum absolute atomic E-state index is 0.299. The quantitative estimate of drug-likeness (QED) is 0.902. The lowest BCUT2D eigenvalue weighted by molar-refractivity contribution is 0.0697. The first-order chi connectivity index (χ1) is 9.46. The number of imidazole rings is 1. The Kier molecular flexibility index (Phi) is 3.04. The highest BCUT2D eigenvalue weighted by atomic mass is 16.4. The lowest BCUT2D eigenvalue weighted by Crippen LogP contribution is -2.23. The monoisotopic (exact) mass is 272 g/mol. The van der Waals surface area contributed by atoms with Crippen molar-refractivity contribution in [3.05, 3.63) is 30.1 Å². The highest BCUT2D eigenvalue weighted by Crippen LogP contribution is 2.40. The Hall–Kier alpha value is -1.84. The summed E-state index contributed by atoms with van der Waals surface area (Å²) in [6, 6.07) is 5.69. The number of carbonyl (C=O) groups is 1. The molecule has 1 fully saturated rings.